The zero-order valence-electron chi connectivity index (χ0n) is 11.6. The van der Waals surface area contributed by atoms with E-state index in [1.54, 1.807) is 0 Å². The van der Waals surface area contributed by atoms with Crippen LogP contribution in [-0.4, -0.2) is 45.2 Å². The second-order valence-corrected chi connectivity index (χ2v) is 5.42. The number of fused-ring (bicyclic) bond motifs is 1. The second kappa shape index (κ2) is 5.17. The first-order chi connectivity index (χ1) is 9.22. The van der Waals surface area contributed by atoms with Crippen LogP contribution in [0.1, 0.15) is 25.3 Å². The lowest BCUT2D eigenvalue weighted by Gasteiger charge is -2.23. The van der Waals surface area contributed by atoms with Crippen LogP contribution < -0.4 is 5.32 Å². The van der Waals surface area contributed by atoms with Crippen molar-refractivity contribution in [3.8, 4) is 0 Å². The molecular weight excluding hydrogens is 238 g/mol. The number of aromatic nitrogens is 3. The van der Waals surface area contributed by atoms with Crippen LogP contribution in [-0.2, 0) is 0 Å². The van der Waals surface area contributed by atoms with Crippen molar-refractivity contribution in [1.29, 1.82) is 0 Å². The Morgan fingerprint density at radius 3 is 2.95 bits per heavy atom. The smallest absolute Gasteiger partial charge is 0.243 e. The largest absolute Gasteiger partial charge is 0.351 e. The Morgan fingerprint density at radius 1 is 1.37 bits per heavy atom. The number of likely N-dealkylation sites (tertiary alicyclic amines) is 1. The Morgan fingerprint density at radius 2 is 2.16 bits per heavy atom. The fraction of sp³-hybridized carbons (Fsp3) is 0.571. The van der Waals surface area contributed by atoms with Gasteiger partial charge in [0.1, 0.15) is 0 Å². The zero-order chi connectivity index (χ0) is 13.2. The molecule has 19 heavy (non-hydrogen) atoms. The standard InChI is InChI=1S/C14H21N5/c1-11-5-8-19-13(9-11)16-14(17-19)15-10-12(2)18-6-3-4-7-18/h5,8-9,12H,3-4,6-7,10H2,1-2H3,(H,15,17). The predicted octanol–water partition coefficient (Wildman–Crippen LogP) is 1.93. The van der Waals surface area contributed by atoms with Crippen molar-refractivity contribution >= 4 is 11.6 Å². The lowest BCUT2D eigenvalue weighted by molar-refractivity contribution is 0.269. The van der Waals surface area contributed by atoms with Crippen LogP contribution in [0.25, 0.3) is 5.65 Å². The first-order valence-corrected chi connectivity index (χ1v) is 7.03. The molecule has 3 rings (SSSR count). The summed E-state index contributed by atoms with van der Waals surface area (Å²) in [4.78, 5) is 7.02. The minimum atomic E-state index is 0.538. The summed E-state index contributed by atoms with van der Waals surface area (Å²) in [7, 11) is 0. The molecule has 3 heterocycles. The van der Waals surface area contributed by atoms with Crippen LogP contribution >= 0.6 is 0 Å². The number of pyridine rings is 1. The molecule has 1 aliphatic heterocycles. The van der Waals surface area contributed by atoms with Crippen molar-refractivity contribution in [2.24, 2.45) is 0 Å². The lowest BCUT2D eigenvalue weighted by Crippen LogP contribution is -2.35. The first-order valence-electron chi connectivity index (χ1n) is 7.03. The van der Waals surface area contributed by atoms with Crippen molar-refractivity contribution < 1.29 is 0 Å². The van der Waals surface area contributed by atoms with E-state index < -0.39 is 0 Å². The summed E-state index contributed by atoms with van der Waals surface area (Å²) in [6.45, 7) is 7.67. The third-order valence-electron chi connectivity index (χ3n) is 3.81. The summed E-state index contributed by atoms with van der Waals surface area (Å²) >= 11 is 0. The van der Waals surface area contributed by atoms with Gasteiger partial charge in [-0.05, 0) is 57.5 Å². The fourth-order valence-corrected chi connectivity index (χ4v) is 2.61. The van der Waals surface area contributed by atoms with E-state index >= 15 is 0 Å². The highest BCUT2D eigenvalue weighted by Crippen LogP contribution is 2.12. The Hall–Kier alpha value is -1.62. The van der Waals surface area contributed by atoms with E-state index in [0.29, 0.717) is 6.04 Å². The van der Waals surface area contributed by atoms with Crippen LogP contribution in [0, 0.1) is 6.92 Å². The Bertz CT molecular complexity index is 556. The Labute approximate surface area is 113 Å². The van der Waals surface area contributed by atoms with E-state index in [2.05, 4.69) is 34.1 Å². The molecule has 1 atom stereocenters. The summed E-state index contributed by atoms with van der Waals surface area (Å²) in [6, 6.07) is 4.62. The molecule has 1 N–H and O–H groups in total. The highest BCUT2D eigenvalue weighted by atomic mass is 15.3. The van der Waals surface area contributed by atoms with Gasteiger partial charge < -0.3 is 5.32 Å². The van der Waals surface area contributed by atoms with Crippen LogP contribution in [0.5, 0.6) is 0 Å². The molecule has 0 aliphatic carbocycles. The van der Waals surface area contributed by atoms with Gasteiger partial charge in [-0.1, -0.05) is 0 Å². The third-order valence-corrected chi connectivity index (χ3v) is 3.81. The quantitative estimate of drug-likeness (QED) is 0.911. The second-order valence-electron chi connectivity index (χ2n) is 5.42. The van der Waals surface area contributed by atoms with Crippen molar-refractivity contribution in [3.63, 3.8) is 0 Å². The van der Waals surface area contributed by atoms with Gasteiger partial charge in [0.25, 0.3) is 0 Å². The van der Waals surface area contributed by atoms with Gasteiger partial charge in [-0.15, -0.1) is 5.10 Å². The predicted molar refractivity (Wildman–Crippen MR) is 76.5 cm³/mol. The average molecular weight is 259 g/mol. The number of aryl methyl sites for hydroxylation is 1. The van der Waals surface area contributed by atoms with Gasteiger partial charge in [0.15, 0.2) is 5.65 Å². The van der Waals surface area contributed by atoms with Gasteiger partial charge in [0.05, 0.1) is 0 Å². The molecule has 0 bridgehead atoms. The SMILES string of the molecule is Cc1ccn2nc(NCC(C)N3CCCC3)nc2c1. The topological polar surface area (TPSA) is 45.5 Å². The van der Waals surface area contributed by atoms with Gasteiger partial charge in [-0.2, -0.15) is 4.98 Å². The highest BCUT2D eigenvalue weighted by Gasteiger charge is 2.18. The van der Waals surface area contributed by atoms with Crippen LogP contribution in [0.3, 0.4) is 0 Å². The van der Waals surface area contributed by atoms with Crippen LogP contribution in [0.15, 0.2) is 18.3 Å². The number of hydrogen-bond donors (Lipinski definition) is 1. The molecule has 1 saturated heterocycles. The van der Waals surface area contributed by atoms with Gasteiger partial charge in [0, 0.05) is 18.8 Å². The molecule has 0 spiro atoms. The maximum atomic E-state index is 4.49. The summed E-state index contributed by atoms with van der Waals surface area (Å²) < 4.78 is 1.82. The summed E-state index contributed by atoms with van der Waals surface area (Å²) in [5, 5.41) is 7.77. The van der Waals surface area contributed by atoms with Crippen LogP contribution in [0.2, 0.25) is 0 Å². The number of nitrogens with one attached hydrogen (secondary N) is 1. The molecule has 0 amide bonds. The number of rotatable bonds is 4. The van der Waals surface area contributed by atoms with Gasteiger partial charge >= 0.3 is 0 Å². The average Bonchev–Trinajstić information content (AvgIpc) is 3.04. The normalized spacial score (nSPS) is 18.0. The lowest BCUT2D eigenvalue weighted by atomic mass is 10.3. The van der Waals surface area contributed by atoms with E-state index in [1.807, 2.05) is 22.8 Å². The maximum absolute atomic E-state index is 4.49. The van der Waals surface area contributed by atoms with Gasteiger partial charge in [-0.3, -0.25) is 4.90 Å². The molecule has 102 valence electrons. The Balaban J connectivity index is 1.64. The highest BCUT2D eigenvalue weighted by molar-refractivity contribution is 5.45. The minimum absolute atomic E-state index is 0.538. The van der Waals surface area contributed by atoms with Gasteiger partial charge in [-0.25, -0.2) is 4.52 Å². The van der Waals surface area contributed by atoms with Crippen LogP contribution in [0.4, 0.5) is 5.95 Å². The first kappa shape index (κ1) is 12.4. The van der Waals surface area contributed by atoms with E-state index in [9.17, 15) is 0 Å². The summed E-state index contributed by atoms with van der Waals surface area (Å²) in [5.41, 5.74) is 2.10. The molecule has 1 fully saturated rings. The van der Waals surface area contributed by atoms with Crippen molar-refractivity contribution in [1.82, 2.24) is 19.5 Å². The van der Waals surface area contributed by atoms with Crippen molar-refractivity contribution in [2.75, 3.05) is 25.0 Å². The number of anilines is 1. The molecule has 1 aliphatic rings. The van der Waals surface area contributed by atoms with Gasteiger partial charge in [0.2, 0.25) is 5.95 Å². The minimum Gasteiger partial charge on any atom is -0.351 e. The molecule has 2 aromatic rings. The molecule has 0 saturated carbocycles. The third kappa shape index (κ3) is 2.71. The number of hydrogen-bond acceptors (Lipinski definition) is 4. The van der Waals surface area contributed by atoms with Crippen molar-refractivity contribution in [2.45, 2.75) is 32.7 Å². The monoisotopic (exact) mass is 259 g/mol. The zero-order valence-corrected chi connectivity index (χ0v) is 11.6. The summed E-state index contributed by atoms with van der Waals surface area (Å²) in [5.74, 6) is 0.719. The summed E-state index contributed by atoms with van der Waals surface area (Å²) in [6.07, 6.45) is 4.61. The van der Waals surface area contributed by atoms with E-state index in [4.69, 9.17) is 0 Å². The molecule has 5 heteroatoms. The van der Waals surface area contributed by atoms with Crippen molar-refractivity contribution in [3.05, 3.63) is 23.9 Å². The molecular formula is C14H21N5. The van der Waals surface area contributed by atoms with E-state index in [0.717, 1.165) is 18.1 Å². The Kier molecular flexibility index (Phi) is 3.38. The molecule has 2 aromatic heterocycles. The fourth-order valence-electron chi connectivity index (χ4n) is 2.61. The van der Waals surface area contributed by atoms with E-state index in [-0.39, 0.29) is 0 Å². The number of nitrogens with zero attached hydrogens (tertiary/aromatic N) is 4. The van der Waals surface area contributed by atoms with E-state index in [1.165, 1.54) is 31.5 Å². The molecule has 5 nitrogen and oxygen atoms in total. The molecule has 1 unspecified atom stereocenters. The molecule has 0 radical (unpaired) electrons. The molecule has 0 aromatic carbocycles. The maximum Gasteiger partial charge on any atom is 0.243 e.